The van der Waals surface area contributed by atoms with Crippen molar-refractivity contribution in [1.82, 2.24) is 44.6 Å². The molecule has 0 aromatic carbocycles. The van der Waals surface area contributed by atoms with Crippen molar-refractivity contribution in [2.24, 2.45) is 20.5 Å². The maximum atomic E-state index is 12.0. The van der Waals surface area contributed by atoms with Crippen molar-refractivity contribution in [2.75, 3.05) is 39.1 Å². The van der Waals surface area contributed by atoms with E-state index in [0.717, 1.165) is 88.3 Å². The van der Waals surface area contributed by atoms with Gasteiger partial charge in [0.1, 0.15) is 26.5 Å². The maximum Gasteiger partial charge on any atom is 0.368 e. The number of nitriles is 1. The molecule has 6 atom stereocenters. The van der Waals surface area contributed by atoms with Gasteiger partial charge in [-0.05, 0) is 80.4 Å². The number of hydrogen-bond donors (Lipinski definition) is 6. The normalized spacial score (nSPS) is 14.6. The highest BCUT2D eigenvalue weighted by atomic mass is 32.3. The fraction of sp³-hybridized carbons (Fsp3) is 0.582. The van der Waals surface area contributed by atoms with Gasteiger partial charge in [-0.25, -0.2) is 61.4 Å². The number of rotatable bonds is 17. The summed E-state index contributed by atoms with van der Waals surface area (Å²) in [6.07, 6.45) is 6.88. The van der Waals surface area contributed by atoms with Crippen LogP contribution in [0.25, 0.3) is 0 Å². The van der Waals surface area contributed by atoms with Gasteiger partial charge in [-0.2, -0.15) is 15.7 Å². The number of hydrogen-bond acceptors (Lipinski definition) is 26. The van der Waals surface area contributed by atoms with Crippen LogP contribution >= 0.6 is 123 Å². The van der Waals surface area contributed by atoms with Crippen LogP contribution in [0.5, 0.6) is 0 Å². The van der Waals surface area contributed by atoms with Crippen LogP contribution in [0.4, 0.5) is 0 Å². The van der Waals surface area contributed by atoms with E-state index in [9.17, 15) is 34.7 Å². The molecule has 0 amide bonds. The molecule has 0 saturated carbocycles. The van der Waals surface area contributed by atoms with E-state index in [2.05, 4.69) is 135 Å². The zero-order chi connectivity index (χ0) is 83.0. The Kier molecular flexibility index (Phi) is 42.4. The average molecular weight is 1790 g/mol. The van der Waals surface area contributed by atoms with E-state index in [4.69, 9.17) is 31.2 Å². The monoisotopic (exact) mass is 1790 g/mol. The molecule has 6 unspecified atom stereocenters. The highest BCUT2D eigenvalue weighted by Crippen LogP contribution is 2.40. The van der Waals surface area contributed by atoms with Crippen molar-refractivity contribution >= 4 is 194 Å². The quantitative estimate of drug-likeness (QED) is 0.0280. The predicted molar refractivity (Wildman–Crippen MR) is 473 cm³/mol. The molecule has 8 aromatic heterocycles. The number of nitrogens with one attached hydrogen (secondary N) is 1. The Bertz CT molecular complexity index is 4690. The molecule has 0 radical (unpaired) electrons. The molecular formula is C67H117N14O10P3S13. The first-order valence-electron chi connectivity index (χ1n) is 32.9. The Balaban J connectivity index is 0.00000120. The van der Waals surface area contributed by atoms with Crippen molar-refractivity contribution in [3.05, 3.63) is 85.6 Å². The second-order valence-electron chi connectivity index (χ2n) is 27.3. The maximum absolute atomic E-state index is 12.0. The Morgan fingerprint density at radius 3 is 0.907 bits per heavy atom. The molecule has 8 heterocycles. The average Bonchev–Trinajstić information content (AvgIpc) is 1.71. The Morgan fingerprint density at radius 1 is 0.458 bits per heavy atom. The summed E-state index contributed by atoms with van der Waals surface area (Å²) in [5.41, 5.74) is 17.4. The topological polar surface area (TPSA) is 406 Å². The number of sulfonamides is 1. The molecule has 608 valence electrons. The van der Waals surface area contributed by atoms with Crippen LogP contribution in [0.2, 0.25) is 0 Å². The van der Waals surface area contributed by atoms with Crippen LogP contribution in [-0.2, 0) is 52.7 Å². The van der Waals surface area contributed by atoms with Gasteiger partial charge in [0.25, 0.3) is 10.0 Å². The molecule has 0 spiro atoms. The largest absolute Gasteiger partial charge is 0.368 e. The number of aromatic nitrogens is 8. The Morgan fingerprint density at radius 2 is 0.701 bits per heavy atom. The number of nitrogens with zero attached hydrogens (tertiary/aromatic N) is 10. The zero-order valence-corrected chi connectivity index (χ0v) is 80.1. The fourth-order valence-corrected chi connectivity index (χ4v) is 27.0. The highest BCUT2D eigenvalue weighted by Gasteiger charge is 2.27. The minimum absolute atomic E-state index is 0. The van der Waals surface area contributed by atoms with E-state index in [1.54, 1.807) is 46.5 Å². The van der Waals surface area contributed by atoms with Gasteiger partial charge in [-0.15, -0.1) is 95.1 Å². The van der Waals surface area contributed by atoms with Crippen LogP contribution < -0.4 is 34.7 Å². The standard InChI is InChI=1S/C9H13N3OS2.C9H15NOS2.C9H15NS2.C8H14N2O2S2.2C8H15N2OPS.C8H14N2OS2.C7H12NO3PS.CH4/c1-6(2)8-12-7(3)9(14-8)15(4,13)11-5-10;1-6(2)8-10-7(3)9(12-8)13(4,5)11;1-6(2)8-10-7(3)9(11-8)12(4)5;1-5(2)7-10-6(3)8(13-7)14(11,12)9-4;2*1-5(2)7-10-6(3)8(13-7)12(4,9)11;1-5(2)7-10-6(3)8(12-7)13(4,9)11;1-4(2)6-8-5(3)7(13-6)12(9,10)11;/h6H,1-4H3;6H,4H2,1-3,5H3;6H,4H2,1-3,5H3;5,9H,1-4H3;2*5H,1-4H3,(H2,9,11);5H,4H2,1-3H3,(H2,9,11);4H,1-3H3,(H2,9,10,11);1H4. The van der Waals surface area contributed by atoms with Gasteiger partial charge in [-0.1, -0.05) is 124 Å². The van der Waals surface area contributed by atoms with E-state index in [0.29, 0.717) is 59.5 Å². The first-order valence-corrected chi connectivity index (χ1v) is 54.7. The lowest BCUT2D eigenvalue weighted by atomic mass is 10.2. The van der Waals surface area contributed by atoms with Crippen LogP contribution in [0.3, 0.4) is 0 Å². The lowest BCUT2D eigenvalue weighted by molar-refractivity contribution is 0.388. The number of nitrogens with two attached hydrogens (primary N) is 3. The smallest absolute Gasteiger partial charge is 0.320 e. The number of aryl methyl sites for hydroxylation is 8. The molecule has 0 bridgehead atoms. The van der Waals surface area contributed by atoms with Gasteiger partial charge in [-0.3, -0.25) is 24.9 Å². The third kappa shape index (κ3) is 33.2. The lowest BCUT2D eigenvalue weighted by Crippen LogP contribution is -2.18. The van der Waals surface area contributed by atoms with E-state index < -0.39 is 61.2 Å². The van der Waals surface area contributed by atoms with Crippen LogP contribution in [-0.4, -0.2) is 127 Å². The minimum Gasteiger partial charge on any atom is -0.320 e. The van der Waals surface area contributed by atoms with Gasteiger partial charge in [0, 0.05) is 82.7 Å². The Hall–Kier alpha value is -2.86. The third-order valence-corrected chi connectivity index (χ3v) is 41.5. The fourth-order valence-electron chi connectivity index (χ4n) is 8.17. The highest BCUT2D eigenvalue weighted by molar-refractivity contribution is 8.15. The molecule has 40 heteroatoms. The van der Waals surface area contributed by atoms with Crippen LogP contribution in [0, 0.1) is 66.8 Å². The SMILES string of the molecule is C.C=S(C)(=O)c1sc(C(C)C)nc1C.C=S(C)c1sc(C(C)C)nc1C.C=S(N)(=O)c1sc(C(C)C)nc1C.CNS(=O)(=O)c1sc(C(C)C)nc1C.Cc1nc(C(C)C)sc1P(=O)(O)O.Cc1nc(C(C)C)sc1P(C)(N)=O.Cc1nc(C(C)C)sc1P(C)(N)=O.Cc1nc(C(C)C)sc1S(C)(=O)=NC#N. The van der Waals surface area contributed by atoms with Gasteiger partial charge < -0.3 is 18.9 Å². The molecule has 0 aliphatic rings. The van der Waals surface area contributed by atoms with Gasteiger partial charge in [0.05, 0.1) is 109 Å². The molecule has 8 aromatic rings. The Labute approximate surface area is 675 Å². The molecule has 9 N–H and O–H groups in total. The van der Waals surface area contributed by atoms with Gasteiger partial charge in [0.2, 0.25) is 6.19 Å². The molecule has 24 nitrogen and oxygen atoms in total. The van der Waals surface area contributed by atoms with Crippen molar-refractivity contribution in [3.8, 4) is 6.19 Å². The molecule has 8 rings (SSSR count). The van der Waals surface area contributed by atoms with Crippen molar-refractivity contribution in [2.45, 2.75) is 242 Å². The van der Waals surface area contributed by atoms with Gasteiger partial charge in [0.15, 0.2) is 18.8 Å². The lowest BCUT2D eigenvalue weighted by Gasteiger charge is -2.02. The van der Waals surface area contributed by atoms with E-state index in [1.165, 1.54) is 96.2 Å². The summed E-state index contributed by atoms with van der Waals surface area (Å²) in [7, 11) is -18.4. The summed E-state index contributed by atoms with van der Waals surface area (Å²) in [5.74, 6) is 14.0. The summed E-state index contributed by atoms with van der Waals surface area (Å²) < 4.78 is 104. The first kappa shape index (κ1) is 104. The van der Waals surface area contributed by atoms with E-state index >= 15 is 0 Å². The van der Waals surface area contributed by atoms with Gasteiger partial charge >= 0.3 is 7.60 Å². The third-order valence-electron chi connectivity index (χ3n) is 13.3. The molecule has 0 aliphatic heterocycles. The van der Waals surface area contributed by atoms with Crippen molar-refractivity contribution in [3.63, 3.8) is 0 Å². The molecule has 107 heavy (non-hydrogen) atoms. The molecule has 0 aliphatic carbocycles. The molecule has 0 fully saturated rings. The zero-order valence-electron chi connectivity index (χ0n) is 66.8. The number of thiazole rings is 8. The summed E-state index contributed by atoms with van der Waals surface area (Å²) >= 11 is 11.4. The van der Waals surface area contributed by atoms with E-state index in [-0.39, 0.29) is 34.4 Å². The minimum atomic E-state index is -4.12. The summed E-state index contributed by atoms with van der Waals surface area (Å²) in [6.45, 7) is 50.6. The van der Waals surface area contributed by atoms with Crippen LogP contribution in [0.15, 0.2) is 25.4 Å². The van der Waals surface area contributed by atoms with Crippen molar-refractivity contribution < 1.29 is 44.5 Å². The molecular weight excluding hydrogens is 1670 g/mol. The van der Waals surface area contributed by atoms with E-state index in [1.807, 2.05) is 94.4 Å². The second-order valence-corrected chi connectivity index (χ2v) is 54.1. The van der Waals surface area contributed by atoms with Crippen molar-refractivity contribution in [1.29, 1.82) is 5.26 Å². The first-order chi connectivity index (χ1) is 47.9. The molecule has 0 saturated heterocycles. The summed E-state index contributed by atoms with van der Waals surface area (Å²) in [5, 5.41) is 21.8. The second kappa shape index (κ2) is 43.6. The predicted octanol–water partition coefficient (Wildman–Crippen LogP) is 17.2. The summed E-state index contributed by atoms with van der Waals surface area (Å²) in [4.78, 5) is 52.4. The van der Waals surface area contributed by atoms with Crippen LogP contribution in [0.1, 0.15) is 251 Å². The summed E-state index contributed by atoms with van der Waals surface area (Å²) in [6, 6.07) is 0.